The first-order chi connectivity index (χ1) is 13.6. The Hall–Kier alpha value is -3.52. The van der Waals surface area contributed by atoms with Crippen molar-refractivity contribution < 1.29 is 4.79 Å². The lowest BCUT2D eigenvalue weighted by Crippen LogP contribution is -2.28. The van der Waals surface area contributed by atoms with Gasteiger partial charge in [-0.15, -0.1) is 0 Å². The Labute approximate surface area is 165 Å². The van der Waals surface area contributed by atoms with Crippen LogP contribution in [0.4, 0.5) is 10.7 Å². The highest BCUT2D eigenvalue weighted by atomic mass is 35.5. The number of fused-ring (bicyclic) bond motifs is 1. The molecule has 0 aliphatic carbocycles. The van der Waals surface area contributed by atoms with Gasteiger partial charge in [-0.25, -0.2) is 19.7 Å². The van der Waals surface area contributed by atoms with Crippen molar-refractivity contribution in [1.82, 2.24) is 30.2 Å². The van der Waals surface area contributed by atoms with Gasteiger partial charge in [0.25, 0.3) is 0 Å². The molecule has 3 aromatic heterocycles. The molecular formula is C19H16ClN7O. The molecule has 4 aromatic rings. The molecule has 8 nitrogen and oxygen atoms in total. The summed E-state index contributed by atoms with van der Waals surface area (Å²) < 4.78 is 0. The summed E-state index contributed by atoms with van der Waals surface area (Å²) in [5.41, 5.74) is 3.84. The van der Waals surface area contributed by atoms with E-state index in [-0.39, 0.29) is 6.03 Å². The monoisotopic (exact) mass is 393 g/mol. The molecule has 140 valence electrons. The molecule has 3 heterocycles. The van der Waals surface area contributed by atoms with Gasteiger partial charge in [-0.3, -0.25) is 10.3 Å². The van der Waals surface area contributed by atoms with Gasteiger partial charge in [-0.1, -0.05) is 11.6 Å². The Bertz CT molecular complexity index is 1140. The van der Waals surface area contributed by atoms with Crippen molar-refractivity contribution in [2.75, 3.05) is 11.9 Å². The fourth-order valence-corrected chi connectivity index (χ4v) is 3.01. The Morgan fingerprint density at radius 1 is 1.14 bits per heavy atom. The zero-order chi connectivity index (χ0) is 19.5. The SMILES string of the molecule is CCNC(=O)Nc1nc2cc(-c3cncc(Cl)c3)cc(-c3ncccn3)c2[nH]1. The third kappa shape index (κ3) is 3.63. The van der Waals surface area contributed by atoms with Gasteiger partial charge in [0, 0.05) is 42.5 Å². The molecule has 0 aliphatic heterocycles. The molecule has 28 heavy (non-hydrogen) atoms. The quantitative estimate of drug-likeness (QED) is 0.487. The first-order valence-corrected chi connectivity index (χ1v) is 8.99. The van der Waals surface area contributed by atoms with Crippen molar-refractivity contribution in [2.24, 2.45) is 0 Å². The van der Waals surface area contributed by atoms with Crippen LogP contribution in [0.2, 0.25) is 5.02 Å². The lowest BCUT2D eigenvalue weighted by atomic mass is 10.0. The van der Waals surface area contributed by atoms with Crippen LogP contribution in [-0.2, 0) is 0 Å². The Morgan fingerprint density at radius 3 is 2.71 bits per heavy atom. The fourth-order valence-electron chi connectivity index (χ4n) is 2.84. The average Bonchev–Trinajstić information content (AvgIpc) is 3.10. The van der Waals surface area contributed by atoms with Crippen molar-refractivity contribution in [3.63, 3.8) is 0 Å². The lowest BCUT2D eigenvalue weighted by molar-refractivity contribution is 0.252. The second kappa shape index (κ2) is 7.61. The molecule has 0 atom stereocenters. The van der Waals surface area contributed by atoms with E-state index in [1.165, 1.54) is 0 Å². The van der Waals surface area contributed by atoms with Gasteiger partial charge in [-0.05, 0) is 36.8 Å². The van der Waals surface area contributed by atoms with E-state index in [1.807, 2.05) is 25.1 Å². The van der Waals surface area contributed by atoms with Gasteiger partial charge in [0.05, 0.1) is 16.1 Å². The molecule has 0 bridgehead atoms. The summed E-state index contributed by atoms with van der Waals surface area (Å²) in [6, 6.07) is 7.08. The van der Waals surface area contributed by atoms with Crippen molar-refractivity contribution >= 4 is 34.6 Å². The smallest absolute Gasteiger partial charge is 0.321 e. The number of benzene rings is 1. The van der Waals surface area contributed by atoms with Gasteiger partial charge in [0.2, 0.25) is 5.95 Å². The summed E-state index contributed by atoms with van der Waals surface area (Å²) in [6.07, 6.45) is 6.65. The molecular weight excluding hydrogens is 378 g/mol. The summed E-state index contributed by atoms with van der Waals surface area (Å²) in [7, 11) is 0. The van der Waals surface area contributed by atoms with Gasteiger partial charge in [0.15, 0.2) is 5.82 Å². The van der Waals surface area contributed by atoms with Crippen LogP contribution < -0.4 is 10.6 Å². The van der Waals surface area contributed by atoms with E-state index >= 15 is 0 Å². The van der Waals surface area contributed by atoms with Crippen LogP contribution in [0.15, 0.2) is 49.1 Å². The fraction of sp³-hybridized carbons (Fsp3) is 0.105. The van der Waals surface area contributed by atoms with E-state index in [2.05, 4.69) is 35.6 Å². The normalized spacial score (nSPS) is 10.8. The van der Waals surface area contributed by atoms with Crippen LogP contribution in [0, 0.1) is 0 Å². The number of anilines is 1. The number of H-pyrrole nitrogens is 1. The third-order valence-electron chi connectivity index (χ3n) is 4.01. The first-order valence-electron chi connectivity index (χ1n) is 8.61. The molecule has 0 fully saturated rings. The minimum absolute atomic E-state index is 0.333. The van der Waals surface area contributed by atoms with Gasteiger partial charge in [0.1, 0.15) is 0 Å². The van der Waals surface area contributed by atoms with Crippen molar-refractivity contribution in [1.29, 1.82) is 0 Å². The molecule has 0 aliphatic rings. The first kappa shape index (κ1) is 17.9. The number of urea groups is 1. The van der Waals surface area contributed by atoms with Gasteiger partial charge < -0.3 is 10.3 Å². The lowest BCUT2D eigenvalue weighted by Gasteiger charge is -2.06. The summed E-state index contributed by atoms with van der Waals surface area (Å²) in [4.78, 5) is 32.3. The highest BCUT2D eigenvalue weighted by Crippen LogP contribution is 2.32. The highest BCUT2D eigenvalue weighted by molar-refractivity contribution is 6.30. The zero-order valence-electron chi connectivity index (χ0n) is 14.9. The van der Waals surface area contributed by atoms with E-state index in [9.17, 15) is 4.79 Å². The zero-order valence-corrected chi connectivity index (χ0v) is 15.7. The number of halogens is 1. The molecule has 0 saturated heterocycles. The summed E-state index contributed by atoms with van der Waals surface area (Å²) in [5, 5.41) is 5.90. The number of nitrogens with zero attached hydrogens (tertiary/aromatic N) is 4. The number of hydrogen-bond acceptors (Lipinski definition) is 5. The maximum atomic E-state index is 11.8. The van der Waals surface area contributed by atoms with Crippen LogP contribution in [0.1, 0.15) is 6.92 Å². The number of nitrogens with one attached hydrogen (secondary N) is 3. The maximum absolute atomic E-state index is 11.8. The number of pyridine rings is 1. The van der Waals surface area contributed by atoms with Crippen molar-refractivity contribution in [3.05, 3.63) is 54.1 Å². The second-order valence-electron chi connectivity index (χ2n) is 5.95. The van der Waals surface area contributed by atoms with Crippen molar-refractivity contribution in [3.8, 4) is 22.5 Å². The Kier molecular flexibility index (Phi) is 4.86. The number of amides is 2. The minimum atomic E-state index is -0.335. The van der Waals surface area contributed by atoms with Crippen LogP contribution in [-0.4, -0.2) is 37.5 Å². The van der Waals surface area contributed by atoms with Crippen LogP contribution in [0.25, 0.3) is 33.5 Å². The maximum Gasteiger partial charge on any atom is 0.321 e. The van der Waals surface area contributed by atoms with E-state index < -0.39 is 0 Å². The predicted molar refractivity (Wildman–Crippen MR) is 108 cm³/mol. The number of hydrogen-bond donors (Lipinski definition) is 3. The molecule has 9 heteroatoms. The third-order valence-corrected chi connectivity index (χ3v) is 4.21. The van der Waals surface area contributed by atoms with E-state index in [1.54, 1.807) is 30.9 Å². The van der Waals surface area contributed by atoms with Gasteiger partial charge >= 0.3 is 6.03 Å². The molecule has 2 amide bonds. The average molecular weight is 394 g/mol. The molecule has 3 N–H and O–H groups in total. The van der Waals surface area contributed by atoms with Crippen molar-refractivity contribution in [2.45, 2.75) is 6.92 Å². The number of aromatic amines is 1. The standard InChI is InChI=1S/C19H16ClN7O/c1-2-22-19(28)27-18-25-15-8-11(12-6-13(20)10-21-9-12)7-14(16(15)26-18)17-23-4-3-5-24-17/h3-10H,2H2,1H3,(H3,22,25,26,27,28). The predicted octanol–water partition coefficient (Wildman–Crippen LogP) is 3.88. The Morgan fingerprint density at radius 2 is 1.96 bits per heavy atom. The second-order valence-corrected chi connectivity index (χ2v) is 6.39. The molecule has 1 aromatic carbocycles. The molecule has 0 spiro atoms. The number of carbonyl (C=O) groups is 1. The minimum Gasteiger partial charge on any atom is -0.338 e. The number of aromatic nitrogens is 5. The van der Waals surface area contributed by atoms with Gasteiger partial charge in [-0.2, -0.15) is 0 Å². The van der Waals surface area contributed by atoms with Crippen LogP contribution in [0.3, 0.4) is 0 Å². The largest absolute Gasteiger partial charge is 0.338 e. The molecule has 0 saturated carbocycles. The Balaban J connectivity index is 1.87. The number of carbonyl (C=O) groups excluding carboxylic acids is 1. The van der Waals surface area contributed by atoms with Crippen LogP contribution in [0.5, 0.6) is 0 Å². The summed E-state index contributed by atoms with van der Waals surface area (Å²) in [6.45, 7) is 2.36. The summed E-state index contributed by atoms with van der Waals surface area (Å²) in [5.74, 6) is 0.872. The summed E-state index contributed by atoms with van der Waals surface area (Å²) >= 11 is 6.10. The van der Waals surface area contributed by atoms with E-state index in [4.69, 9.17) is 11.6 Å². The van der Waals surface area contributed by atoms with E-state index in [0.717, 1.165) is 22.2 Å². The number of imidazole rings is 1. The molecule has 0 radical (unpaired) electrons. The highest BCUT2D eigenvalue weighted by Gasteiger charge is 2.15. The topological polar surface area (TPSA) is 108 Å². The van der Waals surface area contributed by atoms with E-state index in [0.29, 0.717) is 28.9 Å². The molecule has 0 unspecified atom stereocenters. The molecule has 4 rings (SSSR count). The van der Waals surface area contributed by atoms with Crippen LogP contribution >= 0.6 is 11.6 Å². The number of rotatable bonds is 4.